The minimum Gasteiger partial charge on any atom is -0.481 e. The highest BCUT2D eigenvalue weighted by molar-refractivity contribution is 5.79. The fourth-order valence-electron chi connectivity index (χ4n) is 2.71. The van der Waals surface area contributed by atoms with Crippen LogP contribution in [0.4, 0.5) is 0 Å². The second kappa shape index (κ2) is 8.54. The molecule has 0 saturated carbocycles. The highest BCUT2D eigenvalue weighted by atomic mass is 16.5. The Kier molecular flexibility index (Phi) is 6.40. The topological polar surface area (TPSA) is 75.6 Å². The van der Waals surface area contributed by atoms with Gasteiger partial charge in [-0.1, -0.05) is 30.3 Å². The van der Waals surface area contributed by atoms with E-state index in [0.717, 1.165) is 32.5 Å². The van der Waals surface area contributed by atoms with E-state index in [0.29, 0.717) is 17.9 Å². The van der Waals surface area contributed by atoms with Gasteiger partial charge in [0, 0.05) is 26.2 Å². The van der Waals surface area contributed by atoms with Gasteiger partial charge in [-0.3, -0.25) is 9.59 Å². The van der Waals surface area contributed by atoms with Gasteiger partial charge < -0.3 is 15.2 Å². The summed E-state index contributed by atoms with van der Waals surface area (Å²) >= 11 is 0. The van der Waals surface area contributed by atoms with Crippen LogP contribution in [0, 0.1) is 5.92 Å². The summed E-state index contributed by atoms with van der Waals surface area (Å²) in [5.74, 6) is -1.15. The SMILES string of the molecule is O=C(CCC1CCOCC1)NCC(C(=O)O)c1ccccc1. The van der Waals surface area contributed by atoms with Crippen LogP contribution in [0.3, 0.4) is 0 Å². The monoisotopic (exact) mass is 305 g/mol. The Labute approximate surface area is 130 Å². The Balaban J connectivity index is 1.77. The van der Waals surface area contributed by atoms with Gasteiger partial charge in [-0.15, -0.1) is 0 Å². The molecule has 0 bridgehead atoms. The van der Waals surface area contributed by atoms with Crippen molar-refractivity contribution in [3.05, 3.63) is 35.9 Å². The summed E-state index contributed by atoms with van der Waals surface area (Å²) in [6.45, 7) is 1.69. The molecule has 1 aliphatic heterocycles. The van der Waals surface area contributed by atoms with Crippen LogP contribution in [0.2, 0.25) is 0 Å². The van der Waals surface area contributed by atoms with Gasteiger partial charge in [0.05, 0.1) is 5.92 Å². The van der Waals surface area contributed by atoms with Crippen LogP contribution in [0.25, 0.3) is 0 Å². The zero-order valence-corrected chi connectivity index (χ0v) is 12.7. The highest BCUT2D eigenvalue weighted by Gasteiger charge is 2.21. The van der Waals surface area contributed by atoms with E-state index in [1.807, 2.05) is 6.07 Å². The Morgan fingerprint density at radius 1 is 1.23 bits per heavy atom. The molecular formula is C17H23NO4. The Morgan fingerprint density at radius 3 is 2.55 bits per heavy atom. The lowest BCUT2D eigenvalue weighted by Gasteiger charge is -2.21. The third-order valence-corrected chi connectivity index (χ3v) is 4.12. The second-order valence-electron chi connectivity index (χ2n) is 5.70. The smallest absolute Gasteiger partial charge is 0.312 e. The molecule has 2 rings (SSSR count). The standard InChI is InChI=1S/C17H23NO4/c19-16(7-6-13-8-10-22-11-9-13)18-12-15(17(20)21)14-4-2-1-3-5-14/h1-5,13,15H,6-12H2,(H,18,19)(H,20,21). The highest BCUT2D eigenvalue weighted by Crippen LogP contribution is 2.20. The summed E-state index contributed by atoms with van der Waals surface area (Å²) in [5, 5.41) is 12.1. The molecule has 0 aromatic heterocycles. The van der Waals surface area contributed by atoms with E-state index in [2.05, 4.69) is 5.32 Å². The molecule has 1 atom stereocenters. The van der Waals surface area contributed by atoms with Gasteiger partial charge >= 0.3 is 5.97 Å². The van der Waals surface area contributed by atoms with Crippen molar-refractivity contribution >= 4 is 11.9 Å². The molecular weight excluding hydrogens is 282 g/mol. The van der Waals surface area contributed by atoms with Gasteiger partial charge in [0.1, 0.15) is 0 Å². The maximum atomic E-state index is 11.9. The van der Waals surface area contributed by atoms with Crippen LogP contribution >= 0.6 is 0 Å². The third kappa shape index (κ3) is 5.15. The molecule has 1 saturated heterocycles. The van der Waals surface area contributed by atoms with Gasteiger partial charge in [0.25, 0.3) is 0 Å². The zero-order chi connectivity index (χ0) is 15.8. The molecule has 1 fully saturated rings. The fourth-order valence-corrected chi connectivity index (χ4v) is 2.71. The van der Waals surface area contributed by atoms with Gasteiger partial charge in [0.2, 0.25) is 5.91 Å². The second-order valence-corrected chi connectivity index (χ2v) is 5.70. The largest absolute Gasteiger partial charge is 0.481 e. The van der Waals surface area contributed by atoms with Crippen LogP contribution in [-0.4, -0.2) is 36.7 Å². The molecule has 5 heteroatoms. The van der Waals surface area contributed by atoms with E-state index in [1.54, 1.807) is 24.3 Å². The summed E-state index contributed by atoms with van der Waals surface area (Å²) in [5.41, 5.74) is 0.708. The summed E-state index contributed by atoms with van der Waals surface area (Å²) in [7, 11) is 0. The molecule has 5 nitrogen and oxygen atoms in total. The molecule has 1 amide bonds. The van der Waals surface area contributed by atoms with E-state index in [-0.39, 0.29) is 12.5 Å². The van der Waals surface area contributed by atoms with E-state index in [1.165, 1.54) is 0 Å². The average Bonchev–Trinajstić information content (AvgIpc) is 2.55. The molecule has 1 aromatic rings. The number of aliphatic carboxylic acids is 1. The van der Waals surface area contributed by atoms with Gasteiger partial charge in [-0.2, -0.15) is 0 Å². The minimum atomic E-state index is -0.920. The predicted octanol–water partition coefficient (Wildman–Crippen LogP) is 2.18. The fraction of sp³-hybridized carbons (Fsp3) is 0.529. The number of nitrogens with one attached hydrogen (secondary N) is 1. The number of carboxylic acids is 1. The molecule has 0 aliphatic carbocycles. The molecule has 0 radical (unpaired) electrons. The lowest BCUT2D eigenvalue weighted by molar-refractivity contribution is -0.138. The number of carbonyl (C=O) groups is 2. The van der Waals surface area contributed by atoms with Crippen molar-refractivity contribution in [2.75, 3.05) is 19.8 Å². The molecule has 0 spiro atoms. The maximum Gasteiger partial charge on any atom is 0.312 e. The maximum absolute atomic E-state index is 11.9. The first-order chi connectivity index (χ1) is 10.7. The normalized spacial score (nSPS) is 16.9. The number of amides is 1. The van der Waals surface area contributed by atoms with Gasteiger partial charge in [0.15, 0.2) is 0 Å². The number of benzene rings is 1. The zero-order valence-electron chi connectivity index (χ0n) is 12.7. The van der Waals surface area contributed by atoms with Crippen LogP contribution in [-0.2, 0) is 14.3 Å². The number of hydrogen-bond acceptors (Lipinski definition) is 3. The van der Waals surface area contributed by atoms with Gasteiger partial charge in [-0.25, -0.2) is 0 Å². The minimum absolute atomic E-state index is 0.0753. The van der Waals surface area contributed by atoms with Crippen molar-refractivity contribution in [2.45, 2.75) is 31.6 Å². The first-order valence-corrected chi connectivity index (χ1v) is 7.79. The first-order valence-electron chi connectivity index (χ1n) is 7.79. The molecule has 2 N–H and O–H groups in total. The van der Waals surface area contributed by atoms with Crippen LogP contribution in [0.1, 0.15) is 37.2 Å². The molecule has 1 unspecified atom stereocenters. The van der Waals surface area contributed by atoms with Crippen molar-refractivity contribution in [3.8, 4) is 0 Å². The number of carbonyl (C=O) groups excluding carboxylic acids is 1. The summed E-state index contributed by atoms with van der Waals surface area (Å²) in [6, 6.07) is 8.99. The number of carboxylic acid groups (broad SMARTS) is 1. The average molecular weight is 305 g/mol. The van der Waals surface area contributed by atoms with E-state index < -0.39 is 11.9 Å². The first kappa shape index (κ1) is 16.5. The quantitative estimate of drug-likeness (QED) is 0.809. The van der Waals surface area contributed by atoms with Gasteiger partial charge in [-0.05, 0) is 30.7 Å². The Hall–Kier alpha value is -1.88. The molecule has 1 aliphatic rings. The van der Waals surface area contributed by atoms with Crippen LogP contribution in [0.15, 0.2) is 30.3 Å². The molecule has 1 heterocycles. The lowest BCUT2D eigenvalue weighted by Crippen LogP contribution is -2.32. The van der Waals surface area contributed by atoms with Crippen LogP contribution in [0.5, 0.6) is 0 Å². The van der Waals surface area contributed by atoms with E-state index >= 15 is 0 Å². The Morgan fingerprint density at radius 2 is 1.91 bits per heavy atom. The van der Waals surface area contributed by atoms with Crippen molar-refractivity contribution < 1.29 is 19.4 Å². The molecule has 1 aromatic carbocycles. The van der Waals surface area contributed by atoms with Crippen molar-refractivity contribution in [1.82, 2.24) is 5.32 Å². The van der Waals surface area contributed by atoms with Crippen LogP contribution < -0.4 is 5.32 Å². The Bertz CT molecular complexity index is 483. The molecule has 120 valence electrons. The third-order valence-electron chi connectivity index (χ3n) is 4.12. The predicted molar refractivity (Wildman–Crippen MR) is 82.6 cm³/mol. The number of rotatable bonds is 7. The van der Waals surface area contributed by atoms with Crippen molar-refractivity contribution in [3.63, 3.8) is 0 Å². The van der Waals surface area contributed by atoms with Crippen molar-refractivity contribution in [1.29, 1.82) is 0 Å². The van der Waals surface area contributed by atoms with Crippen molar-refractivity contribution in [2.24, 2.45) is 5.92 Å². The summed E-state index contributed by atoms with van der Waals surface area (Å²) in [4.78, 5) is 23.3. The van der Waals surface area contributed by atoms with E-state index in [4.69, 9.17) is 4.74 Å². The number of ether oxygens (including phenoxy) is 1. The summed E-state index contributed by atoms with van der Waals surface area (Å²) < 4.78 is 5.30. The molecule has 22 heavy (non-hydrogen) atoms. The lowest BCUT2D eigenvalue weighted by atomic mass is 9.94. The number of hydrogen-bond donors (Lipinski definition) is 2. The van der Waals surface area contributed by atoms with E-state index in [9.17, 15) is 14.7 Å². The summed E-state index contributed by atoms with van der Waals surface area (Å²) in [6.07, 6.45) is 3.31.